The average molecular weight is 447 g/mol. The summed E-state index contributed by atoms with van der Waals surface area (Å²) >= 11 is 1.32. The molecule has 7 heteroatoms. The molecule has 1 aromatic heterocycles. The SMILES string of the molecule is CCC#Cc1cc(N(C(COC)C(=O)N(C)C)C2(C=O)CCC(C)CC2)c(C(C)=O)s1. The maximum atomic E-state index is 13.3. The van der Waals surface area contributed by atoms with Crippen LogP contribution in [0, 0.1) is 17.8 Å². The van der Waals surface area contributed by atoms with Crippen molar-refractivity contribution in [2.24, 2.45) is 5.92 Å². The summed E-state index contributed by atoms with van der Waals surface area (Å²) in [5.74, 6) is 6.40. The van der Waals surface area contributed by atoms with Gasteiger partial charge in [0.05, 0.1) is 27.6 Å². The van der Waals surface area contributed by atoms with Crippen LogP contribution in [0.1, 0.15) is 67.4 Å². The lowest BCUT2D eigenvalue weighted by Crippen LogP contribution is -2.62. The number of ether oxygens (including phenoxy) is 1. The van der Waals surface area contributed by atoms with Crippen molar-refractivity contribution in [3.05, 3.63) is 15.8 Å². The number of carbonyl (C=O) groups is 3. The van der Waals surface area contributed by atoms with Crippen molar-refractivity contribution in [3.8, 4) is 11.8 Å². The van der Waals surface area contributed by atoms with E-state index in [1.165, 1.54) is 23.2 Å². The summed E-state index contributed by atoms with van der Waals surface area (Å²) in [6.07, 6.45) is 4.70. The van der Waals surface area contributed by atoms with Gasteiger partial charge in [0.25, 0.3) is 0 Å². The lowest BCUT2D eigenvalue weighted by molar-refractivity contribution is -0.132. The fourth-order valence-corrected chi connectivity index (χ4v) is 5.08. The molecular formula is C24H34N2O4S. The van der Waals surface area contributed by atoms with Crippen molar-refractivity contribution >= 4 is 35.0 Å². The number of Topliss-reactive ketones (excluding diaryl/α,β-unsaturated/α-hetero) is 1. The van der Waals surface area contributed by atoms with Crippen LogP contribution in [0.2, 0.25) is 0 Å². The fraction of sp³-hybridized carbons (Fsp3) is 0.625. The Bertz CT molecular complexity index is 857. The third-order valence-electron chi connectivity index (χ3n) is 5.88. The van der Waals surface area contributed by atoms with E-state index in [-0.39, 0.29) is 18.3 Å². The first-order valence-electron chi connectivity index (χ1n) is 10.8. The van der Waals surface area contributed by atoms with Crippen molar-refractivity contribution in [2.75, 3.05) is 32.7 Å². The molecule has 1 aromatic rings. The van der Waals surface area contributed by atoms with Gasteiger partial charge in [0.15, 0.2) is 5.78 Å². The predicted molar refractivity (Wildman–Crippen MR) is 125 cm³/mol. The number of ketones is 1. The summed E-state index contributed by atoms with van der Waals surface area (Å²) in [5.41, 5.74) is -0.265. The Morgan fingerprint density at radius 3 is 2.48 bits per heavy atom. The molecule has 1 aliphatic rings. The van der Waals surface area contributed by atoms with E-state index in [2.05, 4.69) is 18.8 Å². The van der Waals surface area contributed by atoms with Crippen LogP contribution >= 0.6 is 11.3 Å². The molecule has 1 heterocycles. The lowest BCUT2D eigenvalue weighted by atomic mass is 9.76. The van der Waals surface area contributed by atoms with E-state index in [4.69, 9.17) is 4.74 Å². The van der Waals surface area contributed by atoms with E-state index in [1.54, 1.807) is 21.2 Å². The first-order valence-corrected chi connectivity index (χ1v) is 11.6. The van der Waals surface area contributed by atoms with Crippen molar-refractivity contribution < 1.29 is 19.1 Å². The normalized spacial score (nSPS) is 21.5. The highest BCUT2D eigenvalue weighted by molar-refractivity contribution is 7.15. The van der Waals surface area contributed by atoms with Gasteiger partial charge in [-0.1, -0.05) is 25.7 Å². The number of rotatable bonds is 8. The standard InChI is InChI=1S/C24H34N2O4S/c1-7-8-9-19-14-20(22(31-19)18(3)28)26(21(15-30-6)23(29)25(4)5)24(16-27)12-10-17(2)11-13-24/h14,16-17,21H,7,10-13,15H2,1-6H3. The largest absolute Gasteiger partial charge is 0.382 e. The second kappa shape index (κ2) is 10.9. The molecule has 170 valence electrons. The Morgan fingerprint density at radius 2 is 2.00 bits per heavy atom. The maximum Gasteiger partial charge on any atom is 0.247 e. The number of anilines is 1. The van der Waals surface area contributed by atoms with Crippen LogP contribution in [0.5, 0.6) is 0 Å². The zero-order valence-electron chi connectivity index (χ0n) is 19.5. The molecule has 0 saturated heterocycles. The number of thiophene rings is 1. The van der Waals surface area contributed by atoms with Gasteiger partial charge in [0.2, 0.25) is 5.91 Å². The van der Waals surface area contributed by atoms with Crippen LogP contribution in [-0.2, 0) is 14.3 Å². The number of carbonyl (C=O) groups excluding carboxylic acids is 3. The molecule has 6 nitrogen and oxygen atoms in total. The van der Waals surface area contributed by atoms with Crippen LogP contribution in [-0.4, -0.2) is 62.3 Å². The van der Waals surface area contributed by atoms with Gasteiger partial charge in [-0.05, 0) is 37.7 Å². The van der Waals surface area contributed by atoms with Gasteiger partial charge in [0, 0.05) is 34.5 Å². The van der Waals surface area contributed by atoms with Gasteiger partial charge in [-0.15, -0.1) is 11.3 Å². The Labute approximate surface area is 189 Å². The molecule has 1 aliphatic carbocycles. The maximum absolute atomic E-state index is 13.3. The Morgan fingerprint density at radius 1 is 1.35 bits per heavy atom. The lowest BCUT2D eigenvalue weighted by Gasteiger charge is -2.48. The van der Waals surface area contributed by atoms with E-state index in [1.807, 2.05) is 17.9 Å². The smallest absolute Gasteiger partial charge is 0.247 e. The van der Waals surface area contributed by atoms with E-state index in [0.717, 1.165) is 24.0 Å². The van der Waals surface area contributed by atoms with Crippen LogP contribution in [0.25, 0.3) is 0 Å². The van der Waals surface area contributed by atoms with Gasteiger partial charge in [-0.2, -0.15) is 0 Å². The summed E-state index contributed by atoms with van der Waals surface area (Å²) in [6, 6.07) is 1.14. The highest BCUT2D eigenvalue weighted by atomic mass is 32.1. The monoisotopic (exact) mass is 446 g/mol. The third-order valence-corrected chi connectivity index (χ3v) is 7.02. The first kappa shape index (κ1) is 25.1. The fourth-order valence-electron chi connectivity index (χ4n) is 4.16. The van der Waals surface area contributed by atoms with Crippen LogP contribution < -0.4 is 4.90 Å². The second-order valence-corrected chi connectivity index (χ2v) is 9.57. The number of hydrogen-bond donors (Lipinski definition) is 0. The van der Waals surface area contributed by atoms with Crippen LogP contribution in [0.3, 0.4) is 0 Å². The van der Waals surface area contributed by atoms with Gasteiger partial charge < -0.3 is 19.3 Å². The number of likely N-dealkylation sites (N-methyl/N-ethyl adjacent to an activating group) is 1. The zero-order chi connectivity index (χ0) is 23.2. The minimum atomic E-state index is -0.873. The molecule has 1 saturated carbocycles. The van der Waals surface area contributed by atoms with Crippen molar-refractivity contribution in [3.63, 3.8) is 0 Å². The molecule has 0 spiro atoms. The second-order valence-electron chi connectivity index (χ2n) is 8.51. The summed E-state index contributed by atoms with van der Waals surface area (Å²) in [5, 5.41) is 0. The zero-order valence-corrected chi connectivity index (χ0v) is 20.3. The first-order chi connectivity index (χ1) is 14.7. The number of nitrogens with zero attached hydrogens (tertiary/aromatic N) is 2. The van der Waals surface area contributed by atoms with Gasteiger partial charge in [0.1, 0.15) is 12.3 Å². The number of amides is 1. The van der Waals surface area contributed by atoms with Gasteiger partial charge >= 0.3 is 0 Å². The van der Waals surface area contributed by atoms with E-state index >= 15 is 0 Å². The molecule has 0 N–H and O–H groups in total. The molecule has 1 atom stereocenters. The summed E-state index contributed by atoms with van der Waals surface area (Å²) in [6.45, 7) is 5.78. The van der Waals surface area contributed by atoms with Gasteiger partial charge in [-0.3, -0.25) is 9.59 Å². The summed E-state index contributed by atoms with van der Waals surface area (Å²) in [7, 11) is 4.93. The topological polar surface area (TPSA) is 66.9 Å². The number of methoxy groups -OCH3 is 1. The highest BCUT2D eigenvalue weighted by Gasteiger charge is 2.46. The molecule has 1 fully saturated rings. The number of hydrogen-bond acceptors (Lipinski definition) is 6. The molecule has 31 heavy (non-hydrogen) atoms. The molecule has 0 bridgehead atoms. The number of aldehydes is 1. The molecule has 2 rings (SSSR count). The molecular weight excluding hydrogens is 412 g/mol. The van der Waals surface area contributed by atoms with Crippen LogP contribution in [0.15, 0.2) is 6.07 Å². The van der Waals surface area contributed by atoms with Crippen LogP contribution in [0.4, 0.5) is 5.69 Å². The Balaban J connectivity index is 2.75. The van der Waals surface area contributed by atoms with E-state index in [9.17, 15) is 14.4 Å². The van der Waals surface area contributed by atoms with Gasteiger partial charge in [-0.25, -0.2) is 0 Å². The van der Waals surface area contributed by atoms with E-state index < -0.39 is 11.6 Å². The van der Waals surface area contributed by atoms with Crippen molar-refractivity contribution in [1.82, 2.24) is 4.90 Å². The van der Waals surface area contributed by atoms with Crippen molar-refractivity contribution in [2.45, 2.75) is 64.5 Å². The summed E-state index contributed by atoms with van der Waals surface area (Å²) in [4.78, 5) is 43.2. The average Bonchev–Trinajstić information content (AvgIpc) is 3.16. The quantitative estimate of drug-likeness (QED) is 0.345. The Kier molecular flexibility index (Phi) is 8.84. The molecule has 0 aliphatic heterocycles. The minimum absolute atomic E-state index is 0.103. The molecule has 1 amide bonds. The van der Waals surface area contributed by atoms with Crippen molar-refractivity contribution in [1.29, 1.82) is 0 Å². The predicted octanol–water partition coefficient (Wildman–Crippen LogP) is 3.77. The molecule has 1 unspecified atom stereocenters. The highest BCUT2D eigenvalue weighted by Crippen LogP contribution is 2.43. The molecule has 0 radical (unpaired) electrons. The summed E-state index contributed by atoms with van der Waals surface area (Å²) < 4.78 is 5.44. The minimum Gasteiger partial charge on any atom is -0.382 e. The Hall–Kier alpha value is -2.17. The molecule has 0 aromatic carbocycles. The third kappa shape index (κ3) is 5.55. The van der Waals surface area contributed by atoms with E-state index in [0.29, 0.717) is 35.7 Å².